The molecule has 8 heteroatoms. The molecule has 0 bridgehead atoms. The highest BCUT2D eigenvalue weighted by molar-refractivity contribution is 6.34. The maximum Gasteiger partial charge on any atom is 0.294 e. The fourth-order valence-corrected chi connectivity index (χ4v) is 4.24. The third-order valence-corrected chi connectivity index (χ3v) is 5.99. The summed E-state index contributed by atoms with van der Waals surface area (Å²) in [7, 11) is 0. The average molecular weight is 464 g/mol. The molecule has 2 N–H and O–H groups in total. The van der Waals surface area contributed by atoms with Crippen LogP contribution in [0.1, 0.15) is 12.0 Å². The van der Waals surface area contributed by atoms with Crippen LogP contribution in [0.2, 0.25) is 5.02 Å². The minimum atomic E-state index is -0.441. The Kier molecular flexibility index (Phi) is 5.73. The number of aliphatic hydroxyl groups is 1. The van der Waals surface area contributed by atoms with Crippen LogP contribution in [0.4, 0.5) is 4.39 Å². The van der Waals surface area contributed by atoms with E-state index in [-0.39, 0.29) is 24.4 Å². The Labute approximate surface area is 194 Å². The molecule has 1 fully saturated rings. The topological polar surface area (TPSA) is 91.2 Å². The molecule has 166 valence electrons. The van der Waals surface area contributed by atoms with E-state index in [9.17, 15) is 9.50 Å². The monoisotopic (exact) mass is 463 g/mol. The molecule has 6 nitrogen and oxygen atoms in total. The zero-order valence-corrected chi connectivity index (χ0v) is 18.1. The van der Waals surface area contributed by atoms with Gasteiger partial charge in [-0.15, -0.1) is 0 Å². The molecule has 0 radical (unpaired) electrons. The molecule has 1 saturated heterocycles. The first kappa shape index (κ1) is 21.4. The molecule has 0 spiro atoms. The van der Waals surface area contributed by atoms with Gasteiger partial charge in [0, 0.05) is 17.5 Å². The van der Waals surface area contributed by atoms with E-state index in [0.29, 0.717) is 40.7 Å². The van der Waals surface area contributed by atoms with Crippen LogP contribution in [0.5, 0.6) is 6.01 Å². The van der Waals surface area contributed by atoms with Crippen molar-refractivity contribution in [2.45, 2.75) is 18.6 Å². The van der Waals surface area contributed by atoms with E-state index < -0.39 is 5.82 Å². The van der Waals surface area contributed by atoms with E-state index in [1.165, 1.54) is 6.07 Å². The van der Waals surface area contributed by atoms with Crippen molar-refractivity contribution in [1.82, 2.24) is 9.97 Å². The van der Waals surface area contributed by atoms with Gasteiger partial charge in [0.05, 0.1) is 47.0 Å². The number of benzene rings is 3. The van der Waals surface area contributed by atoms with Crippen LogP contribution in [0, 0.1) is 17.1 Å². The quantitative estimate of drug-likeness (QED) is 0.430. The van der Waals surface area contributed by atoms with E-state index in [1.807, 2.05) is 36.4 Å². The van der Waals surface area contributed by atoms with Gasteiger partial charge in [-0.05, 0) is 35.4 Å². The van der Waals surface area contributed by atoms with Gasteiger partial charge in [0.15, 0.2) is 0 Å². The summed E-state index contributed by atoms with van der Waals surface area (Å²) in [5.74, 6) is -0.441. The van der Waals surface area contributed by atoms with Gasteiger partial charge in [0.25, 0.3) is 6.01 Å². The zero-order valence-electron chi connectivity index (χ0n) is 17.4. The molecule has 1 aliphatic heterocycles. The molecule has 4 aromatic rings. The summed E-state index contributed by atoms with van der Waals surface area (Å²) in [6.07, 6.45) is 0.222. The number of hydrogen-bond donors (Lipinski definition) is 2. The summed E-state index contributed by atoms with van der Waals surface area (Å²) in [4.78, 5) is 7.64. The van der Waals surface area contributed by atoms with E-state index in [2.05, 4.69) is 9.97 Å². The van der Waals surface area contributed by atoms with Crippen molar-refractivity contribution < 1.29 is 19.0 Å². The second kappa shape index (κ2) is 8.83. The molecule has 1 aliphatic rings. The number of hydrogen-bond acceptors (Lipinski definition) is 5. The Bertz CT molecular complexity index is 1360. The van der Waals surface area contributed by atoms with Crippen molar-refractivity contribution in [1.29, 1.82) is 5.26 Å². The summed E-state index contributed by atoms with van der Waals surface area (Å²) in [5, 5.41) is 18.7. The van der Waals surface area contributed by atoms with Gasteiger partial charge in [-0.3, -0.25) is 0 Å². The predicted molar refractivity (Wildman–Crippen MR) is 123 cm³/mol. The van der Waals surface area contributed by atoms with Gasteiger partial charge in [-0.2, -0.15) is 10.2 Å². The van der Waals surface area contributed by atoms with Gasteiger partial charge >= 0.3 is 0 Å². The fourth-order valence-electron chi connectivity index (χ4n) is 3.97. The molecule has 33 heavy (non-hydrogen) atoms. The number of aliphatic hydroxyl groups excluding tert-OH is 1. The first-order valence-corrected chi connectivity index (χ1v) is 10.8. The maximum atomic E-state index is 14.4. The van der Waals surface area contributed by atoms with Crippen molar-refractivity contribution in [3.05, 3.63) is 71.0 Å². The lowest BCUT2D eigenvalue weighted by atomic mass is 9.99. The number of halogens is 2. The number of nitriles is 1. The SMILES string of the molecule is N#Cc1ccc(-c2ccc(-c3cc4nc(OC5COC(CO)C5)[nH]c4cc3Cl)cc2)c(F)c1. The molecule has 0 aliphatic carbocycles. The highest BCUT2D eigenvalue weighted by Crippen LogP contribution is 2.34. The van der Waals surface area contributed by atoms with Crippen LogP contribution in [-0.2, 0) is 4.74 Å². The fraction of sp³-hybridized carbons (Fsp3) is 0.200. The van der Waals surface area contributed by atoms with E-state index >= 15 is 0 Å². The van der Waals surface area contributed by atoms with Gasteiger partial charge in [-0.1, -0.05) is 41.9 Å². The molecular weight excluding hydrogens is 445 g/mol. The van der Waals surface area contributed by atoms with Crippen molar-refractivity contribution in [3.8, 4) is 34.3 Å². The van der Waals surface area contributed by atoms with Crippen molar-refractivity contribution in [2.75, 3.05) is 13.2 Å². The predicted octanol–water partition coefficient (Wildman–Crippen LogP) is 5.09. The molecule has 0 saturated carbocycles. The first-order valence-electron chi connectivity index (χ1n) is 10.4. The normalized spacial score (nSPS) is 17.9. The number of ether oxygens (including phenoxy) is 2. The number of nitrogens with zero attached hydrogens (tertiary/aromatic N) is 2. The maximum absolute atomic E-state index is 14.4. The number of nitrogens with one attached hydrogen (secondary N) is 1. The van der Waals surface area contributed by atoms with Gasteiger partial charge < -0.3 is 19.6 Å². The Balaban J connectivity index is 1.40. The summed E-state index contributed by atoms with van der Waals surface area (Å²) < 4.78 is 25.7. The van der Waals surface area contributed by atoms with Crippen LogP contribution in [0.15, 0.2) is 54.6 Å². The Morgan fingerprint density at radius 2 is 1.91 bits per heavy atom. The molecule has 3 aromatic carbocycles. The van der Waals surface area contributed by atoms with E-state index in [4.69, 9.17) is 26.3 Å². The summed E-state index contributed by atoms with van der Waals surface area (Å²) in [5.41, 5.74) is 4.50. The highest BCUT2D eigenvalue weighted by Gasteiger charge is 2.27. The number of aromatic amines is 1. The third kappa shape index (κ3) is 4.29. The molecule has 1 aromatic heterocycles. The zero-order chi connectivity index (χ0) is 22.9. The molecule has 2 unspecified atom stereocenters. The van der Waals surface area contributed by atoms with Gasteiger partial charge in [0.2, 0.25) is 0 Å². The third-order valence-electron chi connectivity index (χ3n) is 5.68. The second-order valence-electron chi connectivity index (χ2n) is 7.89. The smallest absolute Gasteiger partial charge is 0.294 e. The van der Waals surface area contributed by atoms with Gasteiger partial charge in [-0.25, -0.2) is 4.39 Å². The lowest BCUT2D eigenvalue weighted by molar-refractivity contribution is 0.0528. The van der Waals surface area contributed by atoms with Crippen molar-refractivity contribution in [3.63, 3.8) is 0 Å². The summed E-state index contributed by atoms with van der Waals surface area (Å²) in [6.45, 7) is 0.371. The lowest BCUT2D eigenvalue weighted by Crippen LogP contribution is -2.17. The minimum absolute atomic E-state index is 0.0322. The van der Waals surface area contributed by atoms with Crippen molar-refractivity contribution >= 4 is 22.6 Å². The van der Waals surface area contributed by atoms with Crippen LogP contribution in [0.3, 0.4) is 0 Å². The Morgan fingerprint density at radius 3 is 2.58 bits per heavy atom. The average Bonchev–Trinajstić information content (AvgIpc) is 3.44. The van der Waals surface area contributed by atoms with Crippen LogP contribution in [0.25, 0.3) is 33.3 Å². The number of H-pyrrole nitrogens is 1. The molecular formula is C25H19ClFN3O3. The Morgan fingerprint density at radius 1 is 1.15 bits per heavy atom. The molecule has 2 atom stereocenters. The number of fused-ring (bicyclic) bond motifs is 1. The Hall–Kier alpha value is -3.44. The standard InChI is InChI=1S/C25H19ClFN3O3/c26-21-10-24-23(29-25(30-24)33-18-8-17(12-31)32-13-18)9-20(21)16-4-2-15(3-5-16)19-6-1-14(11-28)7-22(19)27/h1-7,9-10,17-18,31H,8,12-13H2,(H,29,30). The van der Waals surface area contributed by atoms with E-state index in [0.717, 1.165) is 16.6 Å². The molecule has 5 rings (SSSR count). The largest absolute Gasteiger partial charge is 0.459 e. The van der Waals surface area contributed by atoms with Crippen LogP contribution >= 0.6 is 11.6 Å². The summed E-state index contributed by atoms with van der Waals surface area (Å²) in [6, 6.07) is 17.8. The molecule has 0 amide bonds. The number of rotatable bonds is 5. The minimum Gasteiger partial charge on any atom is -0.459 e. The van der Waals surface area contributed by atoms with Crippen molar-refractivity contribution in [2.24, 2.45) is 0 Å². The van der Waals surface area contributed by atoms with Crippen LogP contribution < -0.4 is 4.74 Å². The number of imidazole rings is 1. The lowest BCUT2D eigenvalue weighted by Gasteiger charge is -2.08. The van der Waals surface area contributed by atoms with Crippen LogP contribution in [-0.4, -0.2) is 40.5 Å². The summed E-state index contributed by atoms with van der Waals surface area (Å²) >= 11 is 6.54. The molecule has 2 heterocycles. The van der Waals surface area contributed by atoms with E-state index in [1.54, 1.807) is 18.2 Å². The second-order valence-corrected chi connectivity index (χ2v) is 8.30. The van der Waals surface area contributed by atoms with Gasteiger partial charge in [0.1, 0.15) is 11.9 Å². The number of aromatic nitrogens is 2. The first-order chi connectivity index (χ1) is 16.0. The highest BCUT2D eigenvalue weighted by atomic mass is 35.5.